The summed E-state index contributed by atoms with van der Waals surface area (Å²) in [5.41, 5.74) is 3.52. The van der Waals surface area contributed by atoms with Gasteiger partial charge >= 0.3 is 5.97 Å². The van der Waals surface area contributed by atoms with E-state index < -0.39 is 5.97 Å². The number of hydrogen-bond acceptors (Lipinski definition) is 3. The van der Waals surface area contributed by atoms with Crippen LogP contribution in [-0.4, -0.2) is 27.6 Å². The lowest BCUT2D eigenvalue weighted by molar-refractivity contribution is -0.136. The molecule has 0 bridgehead atoms. The normalized spacial score (nSPS) is 11.4. The summed E-state index contributed by atoms with van der Waals surface area (Å²) in [5, 5.41) is 12.3. The molecule has 0 saturated carbocycles. The molecular formula is C19H16N2O3. The Morgan fingerprint density at radius 1 is 1.25 bits per heavy atom. The number of aryl methyl sites for hydroxylation is 1. The lowest BCUT2D eigenvalue weighted by Gasteiger charge is -2.13. The number of methoxy groups -OCH3 is 1. The van der Waals surface area contributed by atoms with Crippen molar-refractivity contribution in [2.24, 2.45) is 0 Å². The summed E-state index contributed by atoms with van der Waals surface area (Å²) >= 11 is 0. The molecule has 0 fully saturated rings. The summed E-state index contributed by atoms with van der Waals surface area (Å²) in [7, 11) is 1.63. The first-order chi connectivity index (χ1) is 11.6. The maximum atomic E-state index is 11.2. The van der Waals surface area contributed by atoms with Crippen molar-refractivity contribution in [3.63, 3.8) is 0 Å². The van der Waals surface area contributed by atoms with Crippen LogP contribution < -0.4 is 4.74 Å². The van der Waals surface area contributed by atoms with Crippen molar-refractivity contribution in [3.05, 3.63) is 53.9 Å². The van der Waals surface area contributed by atoms with Gasteiger partial charge in [0.2, 0.25) is 0 Å². The Hall–Kier alpha value is -3.08. The fourth-order valence-electron chi connectivity index (χ4n) is 3.37. The van der Waals surface area contributed by atoms with E-state index in [0.29, 0.717) is 5.69 Å². The van der Waals surface area contributed by atoms with Crippen molar-refractivity contribution in [1.82, 2.24) is 9.38 Å². The first kappa shape index (κ1) is 14.5. The van der Waals surface area contributed by atoms with Gasteiger partial charge in [-0.25, -0.2) is 4.98 Å². The second-order valence-electron chi connectivity index (χ2n) is 5.86. The van der Waals surface area contributed by atoms with E-state index >= 15 is 0 Å². The molecular weight excluding hydrogens is 304 g/mol. The van der Waals surface area contributed by atoms with Crippen LogP contribution >= 0.6 is 0 Å². The SMILES string of the molecule is COc1ccc2c(c1)c1ncc(CC(=O)O)n1c1cccc(C)c21. The molecule has 0 aliphatic heterocycles. The highest BCUT2D eigenvalue weighted by atomic mass is 16.5. The average Bonchev–Trinajstić information content (AvgIpc) is 2.98. The van der Waals surface area contributed by atoms with Crippen LogP contribution in [0.5, 0.6) is 5.75 Å². The Kier molecular flexibility index (Phi) is 3.16. The molecule has 4 rings (SSSR count). The molecule has 1 N–H and O–H groups in total. The maximum Gasteiger partial charge on any atom is 0.309 e. The predicted octanol–water partition coefficient (Wildman–Crippen LogP) is 3.58. The predicted molar refractivity (Wildman–Crippen MR) is 92.8 cm³/mol. The third-order valence-electron chi connectivity index (χ3n) is 4.40. The molecule has 4 aromatic rings. The molecule has 24 heavy (non-hydrogen) atoms. The number of pyridine rings is 1. The zero-order chi connectivity index (χ0) is 16.8. The highest BCUT2D eigenvalue weighted by molar-refractivity contribution is 6.13. The van der Waals surface area contributed by atoms with Crippen LogP contribution in [0.4, 0.5) is 0 Å². The molecule has 5 nitrogen and oxygen atoms in total. The standard InChI is InChI=1S/C19H16N2O3/c1-11-4-3-5-16-18(11)14-7-6-13(24-2)9-15(14)19-20-10-12(21(16)19)8-17(22)23/h3-7,9-10H,8H2,1-2H3,(H,22,23). The number of carboxylic acid groups (broad SMARTS) is 1. The van der Waals surface area contributed by atoms with E-state index in [0.717, 1.165) is 38.6 Å². The molecule has 120 valence electrons. The monoisotopic (exact) mass is 320 g/mol. The van der Waals surface area contributed by atoms with Gasteiger partial charge in [0.1, 0.15) is 11.4 Å². The first-order valence-electron chi connectivity index (χ1n) is 7.67. The van der Waals surface area contributed by atoms with Crippen molar-refractivity contribution >= 4 is 33.3 Å². The number of nitrogens with zero attached hydrogens (tertiary/aromatic N) is 2. The van der Waals surface area contributed by atoms with Crippen LogP contribution in [0, 0.1) is 6.92 Å². The van der Waals surface area contributed by atoms with Crippen molar-refractivity contribution in [2.75, 3.05) is 7.11 Å². The van der Waals surface area contributed by atoms with Gasteiger partial charge in [0, 0.05) is 17.0 Å². The minimum atomic E-state index is -0.872. The smallest absolute Gasteiger partial charge is 0.309 e. The third-order valence-corrected chi connectivity index (χ3v) is 4.40. The number of benzene rings is 2. The van der Waals surface area contributed by atoms with Gasteiger partial charge in [0.15, 0.2) is 0 Å². The van der Waals surface area contributed by atoms with Gasteiger partial charge in [-0.2, -0.15) is 0 Å². The average molecular weight is 320 g/mol. The Morgan fingerprint density at radius 2 is 2.08 bits per heavy atom. The molecule has 0 saturated heterocycles. The molecule has 2 aromatic carbocycles. The van der Waals surface area contributed by atoms with E-state index in [-0.39, 0.29) is 6.42 Å². The summed E-state index contributed by atoms with van der Waals surface area (Å²) in [5.74, 6) is -0.122. The summed E-state index contributed by atoms with van der Waals surface area (Å²) in [4.78, 5) is 15.7. The van der Waals surface area contributed by atoms with Crippen LogP contribution in [0.1, 0.15) is 11.3 Å². The second-order valence-corrected chi connectivity index (χ2v) is 5.86. The topological polar surface area (TPSA) is 63.8 Å². The van der Waals surface area contributed by atoms with Gasteiger partial charge < -0.3 is 9.84 Å². The Labute approximate surface area is 138 Å². The highest BCUT2D eigenvalue weighted by Gasteiger charge is 2.16. The summed E-state index contributed by atoms with van der Waals surface area (Å²) < 4.78 is 7.30. The van der Waals surface area contributed by atoms with Crippen LogP contribution in [0.3, 0.4) is 0 Å². The first-order valence-corrected chi connectivity index (χ1v) is 7.67. The molecule has 0 aliphatic rings. The van der Waals surface area contributed by atoms with Crippen molar-refractivity contribution < 1.29 is 14.6 Å². The van der Waals surface area contributed by atoms with E-state index in [1.54, 1.807) is 13.3 Å². The Bertz CT molecular complexity index is 1110. The number of imidazole rings is 1. The number of carbonyl (C=O) groups is 1. The van der Waals surface area contributed by atoms with E-state index in [1.807, 2.05) is 34.7 Å². The highest BCUT2D eigenvalue weighted by Crippen LogP contribution is 2.34. The van der Waals surface area contributed by atoms with Gasteiger partial charge in [0.25, 0.3) is 0 Å². The Morgan fingerprint density at radius 3 is 2.83 bits per heavy atom. The van der Waals surface area contributed by atoms with Crippen LogP contribution in [0.15, 0.2) is 42.6 Å². The number of rotatable bonds is 3. The molecule has 2 aromatic heterocycles. The Balaban J connectivity index is 2.26. The zero-order valence-corrected chi connectivity index (χ0v) is 13.4. The third kappa shape index (κ3) is 2.01. The van der Waals surface area contributed by atoms with Gasteiger partial charge in [0.05, 0.1) is 24.7 Å². The number of hydrogen-bond donors (Lipinski definition) is 1. The molecule has 0 spiro atoms. The summed E-state index contributed by atoms with van der Waals surface area (Å²) in [6.45, 7) is 2.06. The molecule has 0 amide bonds. The van der Waals surface area contributed by atoms with Gasteiger partial charge in [-0.05, 0) is 42.1 Å². The van der Waals surface area contributed by atoms with E-state index in [4.69, 9.17) is 4.74 Å². The number of aromatic nitrogens is 2. The molecule has 0 aliphatic carbocycles. The number of aliphatic carboxylic acids is 1. The second kappa shape index (κ2) is 5.23. The number of carboxylic acids is 1. The quantitative estimate of drug-likeness (QED) is 0.586. The molecule has 5 heteroatoms. The minimum absolute atomic E-state index is 0.0698. The minimum Gasteiger partial charge on any atom is -0.497 e. The van der Waals surface area contributed by atoms with Crippen LogP contribution in [-0.2, 0) is 11.2 Å². The molecule has 0 unspecified atom stereocenters. The van der Waals surface area contributed by atoms with Crippen molar-refractivity contribution in [3.8, 4) is 5.75 Å². The fraction of sp³-hybridized carbons (Fsp3) is 0.158. The van der Waals surface area contributed by atoms with E-state index in [1.165, 1.54) is 0 Å². The van der Waals surface area contributed by atoms with E-state index in [9.17, 15) is 9.90 Å². The van der Waals surface area contributed by atoms with E-state index in [2.05, 4.69) is 18.0 Å². The number of fused-ring (bicyclic) bond motifs is 6. The van der Waals surface area contributed by atoms with Crippen molar-refractivity contribution in [2.45, 2.75) is 13.3 Å². The van der Waals surface area contributed by atoms with Crippen LogP contribution in [0.25, 0.3) is 27.3 Å². The van der Waals surface area contributed by atoms with Crippen molar-refractivity contribution in [1.29, 1.82) is 0 Å². The van der Waals surface area contributed by atoms with Gasteiger partial charge in [-0.3, -0.25) is 9.20 Å². The lowest BCUT2D eigenvalue weighted by Crippen LogP contribution is -2.04. The lowest BCUT2D eigenvalue weighted by atomic mass is 10.0. The largest absolute Gasteiger partial charge is 0.497 e. The zero-order valence-electron chi connectivity index (χ0n) is 13.4. The van der Waals surface area contributed by atoms with Crippen LogP contribution in [0.2, 0.25) is 0 Å². The fourth-order valence-corrected chi connectivity index (χ4v) is 3.37. The maximum absolute atomic E-state index is 11.2. The number of ether oxygens (including phenoxy) is 1. The molecule has 0 atom stereocenters. The summed E-state index contributed by atoms with van der Waals surface area (Å²) in [6, 6.07) is 12.0. The van der Waals surface area contributed by atoms with Gasteiger partial charge in [-0.15, -0.1) is 0 Å². The molecule has 0 radical (unpaired) electrons. The summed E-state index contributed by atoms with van der Waals surface area (Å²) in [6.07, 6.45) is 1.57. The van der Waals surface area contributed by atoms with Gasteiger partial charge in [-0.1, -0.05) is 12.1 Å². The molecule has 2 heterocycles.